The summed E-state index contributed by atoms with van der Waals surface area (Å²) in [5, 5.41) is 10.7. The molecule has 2 rings (SSSR count). The second-order valence-electron chi connectivity index (χ2n) is 3.80. The molecule has 1 N–H and O–H groups in total. The highest BCUT2D eigenvalue weighted by Gasteiger charge is 2.34. The highest BCUT2D eigenvalue weighted by Crippen LogP contribution is 2.25. The van der Waals surface area contributed by atoms with Gasteiger partial charge in [0.2, 0.25) is 5.89 Å². The SMILES string of the molecule is CNC[C@@H]1C[C@H](F)CN1c1nnc(C)o1.Cl.Cl. The van der Waals surface area contributed by atoms with Crippen molar-refractivity contribution in [2.45, 2.75) is 25.6 Å². The first-order valence-corrected chi connectivity index (χ1v) is 5.06. The van der Waals surface area contributed by atoms with E-state index >= 15 is 0 Å². The number of anilines is 1. The summed E-state index contributed by atoms with van der Waals surface area (Å²) in [7, 11) is 1.85. The molecular weight excluding hydrogens is 270 g/mol. The predicted molar refractivity (Wildman–Crippen MR) is 68.1 cm³/mol. The number of hydrogen-bond donors (Lipinski definition) is 1. The molecule has 1 aliphatic rings. The highest BCUT2D eigenvalue weighted by molar-refractivity contribution is 5.85. The van der Waals surface area contributed by atoms with Gasteiger partial charge >= 0.3 is 6.01 Å². The fourth-order valence-electron chi connectivity index (χ4n) is 1.93. The van der Waals surface area contributed by atoms with Gasteiger partial charge in [0, 0.05) is 25.9 Å². The van der Waals surface area contributed by atoms with Gasteiger partial charge in [-0.15, -0.1) is 29.9 Å². The molecule has 1 saturated heterocycles. The monoisotopic (exact) mass is 286 g/mol. The third-order valence-corrected chi connectivity index (χ3v) is 2.56. The van der Waals surface area contributed by atoms with Gasteiger partial charge in [-0.25, -0.2) is 4.39 Å². The summed E-state index contributed by atoms with van der Waals surface area (Å²) in [5.74, 6) is 0.510. The van der Waals surface area contributed by atoms with Gasteiger partial charge in [0.05, 0.1) is 6.54 Å². The Kier molecular flexibility index (Phi) is 6.74. The van der Waals surface area contributed by atoms with Crippen LogP contribution in [-0.2, 0) is 0 Å². The zero-order chi connectivity index (χ0) is 10.8. The van der Waals surface area contributed by atoms with Gasteiger partial charge in [0.15, 0.2) is 0 Å². The van der Waals surface area contributed by atoms with Crippen LogP contribution in [0.5, 0.6) is 0 Å². The maximum atomic E-state index is 13.3. The Bertz CT molecular complexity index is 339. The van der Waals surface area contributed by atoms with Crippen molar-refractivity contribution in [1.29, 1.82) is 0 Å². The third-order valence-electron chi connectivity index (χ3n) is 2.56. The van der Waals surface area contributed by atoms with Crippen LogP contribution in [0, 0.1) is 6.92 Å². The minimum Gasteiger partial charge on any atom is -0.408 e. The van der Waals surface area contributed by atoms with Gasteiger partial charge in [-0.05, 0) is 7.05 Å². The first-order chi connectivity index (χ1) is 7.20. The summed E-state index contributed by atoms with van der Waals surface area (Å²) in [6.45, 7) is 2.79. The second-order valence-corrected chi connectivity index (χ2v) is 3.80. The lowest BCUT2D eigenvalue weighted by Gasteiger charge is -2.21. The number of nitrogens with one attached hydrogen (secondary N) is 1. The van der Waals surface area contributed by atoms with Gasteiger partial charge in [-0.3, -0.25) is 0 Å². The van der Waals surface area contributed by atoms with E-state index in [0.717, 1.165) is 6.54 Å². The van der Waals surface area contributed by atoms with Crippen molar-refractivity contribution in [2.75, 3.05) is 25.0 Å². The zero-order valence-corrected chi connectivity index (χ0v) is 11.4. The summed E-state index contributed by atoms with van der Waals surface area (Å²) in [4.78, 5) is 1.83. The Labute approximate surface area is 112 Å². The standard InChI is InChI=1S/C9H15FN4O.2ClH/c1-6-12-13-9(15-6)14-5-7(10)3-8(14)4-11-2;;/h7-8,11H,3-5H2,1-2H3;2*1H/t7-,8-;;/m0../s1. The van der Waals surface area contributed by atoms with E-state index in [1.165, 1.54) is 0 Å². The van der Waals surface area contributed by atoms with Crippen LogP contribution in [0.2, 0.25) is 0 Å². The molecule has 0 aromatic carbocycles. The lowest BCUT2D eigenvalue weighted by atomic mass is 10.2. The van der Waals surface area contributed by atoms with Crippen LogP contribution in [0.15, 0.2) is 4.42 Å². The molecule has 1 aromatic heterocycles. The normalized spacial score (nSPS) is 23.1. The molecule has 1 aliphatic heterocycles. The van der Waals surface area contributed by atoms with Crippen LogP contribution < -0.4 is 10.2 Å². The third kappa shape index (κ3) is 3.69. The molecule has 1 fully saturated rings. The molecule has 0 unspecified atom stereocenters. The summed E-state index contributed by atoms with van der Waals surface area (Å²) in [6, 6.07) is 0.526. The van der Waals surface area contributed by atoms with E-state index in [9.17, 15) is 4.39 Å². The molecule has 0 saturated carbocycles. The van der Waals surface area contributed by atoms with Crippen LogP contribution in [0.1, 0.15) is 12.3 Å². The van der Waals surface area contributed by atoms with Crippen molar-refractivity contribution in [3.63, 3.8) is 0 Å². The Morgan fingerprint density at radius 1 is 1.47 bits per heavy atom. The van der Waals surface area contributed by atoms with Crippen molar-refractivity contribution >= 4 is 30.8 Å². The lowest BCUT2D eigenvalue weighted by Crippen LogP contribution is -2.37. The zero-order valence-electron chi connectivity index (χ0n) is 9.72. The van der Waals surface area contributed by atoms with E-state index in [2.05, 4.69) is 15.5 Å². The summed E-state index contributed by atoms with van der Waals surface area (Å²) >= 11 is 0. The van der Waals surface area contributed by atoms with Crippen LogP contribution in [-0.4, -0.2) is 42.5 Å². The topological polar surface area (TPSA) is 54.2 Å². The molecule has 100 valence electrons. The van der Waals surface area contributed by atoms with Crippen molar-refractivity contribution < 1.29 is 8.81 Å². The van der Waals surface area contributed by atoms with Gasteiger partial charge in [0.25, 0.3) is 0 Å². The van der Waals surface area contributed by atoms with Gasteiger partial charge in [-0.1, -0.05) is 5.10 Å². The average Bonchev–Trinajstić information content (AvgIpc) is 2.73. The molecule has 0 spiro atoms. The first kappa shape index (κ1) is 16.4. The van der Waals surface area contributed by atoms with E-state index < -0.39 is 6.17 Å². The van der Waals surface area contributed by atoms with Crippen LogP contribution in [0.4, 0.5) is 10.4 Å². The number of nitrogens with zero attached hydrogens (tertiary/aromatic N) is 3. The maximum absolute atomic E-state index is 13.3. The van der Waals surface area contributed by atoms with E-state index in [1.807, 2.05) is 11.9 Å². The highest BCUT2D eigenvalue weighted by atomic mass is 35.5. The first-order valence-electron chi connectivity index (χ1n) is 5.06. The fraction of sp³-hybridized carbons (Fsp3) is 0.778. The van der Waals surface area contributed by atoms with Gasteiger partial charge in [-0.2, -0.15) is 0 Å². The van der Waals surface area contributed by atoms with E-state index in [0.29, 0.717) is 24.9 Å². The van der Waals surface area contributed by atoms with E-state index in [4.69, 9.17) is 4.42 Å². The van der Waals surface area contributed by atoms with Gasteiger partial charge < -0.3 is 14.6 Å². The molecule has 0 radical (unpaired) electrons. The van der Waals surface area contributed by atoms with Crippen LogP contribution >= 0.6 is 24.8 Å². The lowest BCUT2D eigenvalue weighted by molar-refractivity contribution is 0.355. The average molecular weight is 287 g/mol. The molecule has 2 heterocycles. The molecule has 0 bridgehead atoms. The van der Waals surface area contributed by atoms with Crippen LogP contribution in [0.25, 0.3) is 0 Å². The predicted octanol–water partition coefficient (Wildman–Crippen LogP) is 1.36. The fourth-order valence-corrected chi connectivity index (χ4v) is 1.93. The Balaban J connectivity index is 0.00000128. The largest absolute Gasteiger partial charge is 0.408 e. The minimum atomic E-state index is -0.810. The summed E-state index contributed by atoms with van der Waals surface area (Å²) in [6.07, 6.45) is -0.294. The molecule has 8 heteroatoms. The molecule has 1 aromatic rings. The van der Waals surface area contributed by atoms with Gasteiger partial charge in [0.1, 0.15) is 6.17 Å². The van der Waals surface area contributed by atoms with Crippen molar-refractivity contribution in [2.24, 2.45) is 0 Å². The molecular formula is C9H17Cl2FN4O. The quantitative estimate of drug-likeness (QED) is 0.909. The minimum absolute atomic E-state index is 0. The molecule has 0 aliphatic carbocycles. The smallest absolute Gasteiger partial charge is 0.318 e. The van der Waals surface area contributed by atoms with Crippen molar-refractivity contribution in [3.05, 3.63) is 5.89 Å². The number of halogens is 3. The van der Waals surface area contributed by atoms with E-state index in [1.54, 1.807) is 6.92 Å². The number of alkyl halides is 1. The van der Waals surface area contributed by atoms with Crippen molar-refractivity contribution in [3.8, 4) is 0 Å². The number of rotatable bonds is 3. The summed E-state index contributed by atoms with van der Waals surface area (Å²) < 4.78 is 18.6. The Hall–Kier alpha value is -0.590. The van der Waals surface area contributed by atoms with Crippen molar-refractivity contribution in [1.82, 2.24) is 15.5 Å². The van der Waals surface area contributed by atoms with Crippen LogP contribution in [0.3, 0.4) is 0 Å². The summed E-state index contributed by atoms with van der Waals surface area (Å²) in [5.41, 5.74) is 0. The number of aryl methyl sites for hydroxylation is 1. The number of hydrogen-bond acceptors (Lipinski definition) is 5. The molecule has 5 nitrogen and oxygen atoms in total. The Morgan fingerprint density at radius 2 is 2.18 bits per heavy atom. The molecule has 2 atom stereocenters. The molecule has 0 amide bonds. The number of likely N-dealkylation sites (N-methyl/N-ethyl adjacent to an activating group) is 1. The second kappa shape index (κ2) is 6.98. The Morgan fingerprint density at radius 3 is 2.71 bits per heavy atom. The maximum Gasteiger partial charge on any atom is 0.318 e. The molecule has 17 heavy (non-hydrogen) atoms. The number of aromatic nitrogens is 2. The van der Waals surface area contributed by atoms with E-state index in [-0.39, 0.29) is 30.9 Å².